The van der Waals surface area contributed by atoms with Crippen molar-refractivity contribution in [1.82, 2.24) is 29.6 Å². The predicted molar refractivity (Wildman–Crippen MR) is 150 cm³/mol. The summed E-state index contributed by atoms with van der Waals surface area (Å²) in [5.74, 6) is 0.909. The number of nitrogens with one attached hydrogen (secondary N) is 2. The molecule has 3 aromatic rings. The zero-order valence-corrected chi connectivity index (χ0v) is 23.2. The van der Waals surface area contributed by atoms with Crippen molar-refractivity contribution in [3.05, 3.63) is 53.2 Å². The number of pyridine rings is 1. The maximum Gasteiger partial charge on any atom is 0.326 e. The van der Waals surface area contributed by atoms with Crippen LogP contribution in [0.3, 0.4) is 0 Å². The topological polar surface area (TPSA) is 130 Å². The molecular weight excluding hydrogens is 496 g/mol. The van der Waals surface area contributed by atoms with Gasteiger partial charge in [0, 0.05) is 31.0 Å². The predicted octanol–water partition coefficient (Wildman–Crippen LogP) is 3.33. The van der Waals surface area contributed by atoms with E-state index in [9.17, 15) is 9.90 Å². The summed E-state index contributed by atoms with van der Waals surface area (Å²) < 4.78 is 7.05. The van der Waals surface area contributed by atoms with Crippen molar-refractivity contribution in [2.45, 2.75) is 65.0 Å². The van der Waals surface area contributed by atoms with Gasteiger partial charge in [-0.15, -0.1) is 0 Å². The van der Waals surface area contributed by atoms with Crippen LogP contribution in [0.4, 0.5) is 11.6 Å². The van der Waals surface area contributed by atoms with Gasteiger partial charge in [-0.25, -0.2) is 19.7 Å². The second kappa shape index (κ2) is 13.9. The summed E-state index contributed by atoms with van der Waals surface area (Å²) in [5.41, 5.74) is 4.56. The molecule has 0 aliphatic carbocycles. The Morgan fingerprint density at radius 3 is 2.79 bits per heavy atom. The quantitative estimate of drug-likeness (QED) is 0.249. The van der Waals surface area contributed by atoms with Gasteiger partial charge in [-0.05, 0) is 76.6 Å². The highest BCUT2D eigenvalue weighted by Crippen LogP contribution is 2.20. The van der Waals surface area contributed by atoms with E-state index in [0.717, 1.165) is 81.2 Å². The van der Waals surface area contributed by atoms with E-state index >= 15 is 0 Å². The lowest BCUT2D eigenvalue weighted by atomic mass is 10.1. The number of aromatic nitrogens is 5. The van der Waals surface area contributed by atoms with Crippen LogP contribution in [-0.2, 0) is 24.2 Å². The molecule has 1 aliphatic rings. The van der Waals surface area contributed by atoms with E-state index in [0.29, 0.717) is 24.7 Å². The molecule has 0 spiro atoms. The van der Waals surface area contributed by atoms with Crippen molar-refractivity contribution in [2.75, 3.05) is 43.9 Å². The Hall–Kier alpha value is -3.73. The van der Waals surface area contributed by atoms with Crippen LogP contribution in [0.5, 0.6) is 5.88 Å². The molecule has 0 saturated carbocycles. The number of aryl methyl sites for hydroxylation is 4. The number of anilines is 2. The molecule has 11 heteroatoms. The zero-order chi connectivity index (χ0) is 27.6. The first-order valence-corrected chi connectivity index (χ1v) is 13.7. The Labute approximate surface area is 230 Å². The van der Waals surface area contributed by atoms with Crippen LogP contribution in [0.2, 0.25) is 0 Å². The van der Waals surface area contributed by atoms with Gasteiger partial charge >= 0.3 is 5.97 Å². The molecule has 0 fully saturated rings. The molecule has 11 nitrogen and oxygen atoms in total. The van der Waals surface area contributed by atoms with Gasteiger partial charge in [-0.3, -0.25) is 4.68 Å². The van der Waals surface area contributed by atoms with Gasteiger partial charge in [-0.1, -0.05) is 6.07 Å². The van der Waals surface area contributed by atoms with Crippen LogP contribution >= 0.6 is 0 Å². The third-order valence-corrected chi connectivity index (χ3v) is 7.03. The largest absolute Gasteiger partial charge is 0.480 e. The van der Waals surface area contributed by atoms with Gasteiger partial charge in [-0.2, -0.15) is 5.10 Å². The van der Waals surface area contributed by atoms with E-state index in [1.54, 1.807) is 0 Å². The second-order valence-corrected chi connectivity index (χ2v) is 10.1. The Balaban J connectivity index is 1.32. The fourth-order valence-electron chi connectivity index (χ4n) is 4.87. The first-order valence-electron chi connectivity index (χ1n) is 13.7. The van der Waals surface area contributed by atoms with Crippen molar-refractivity contribution in [3.8, 4) is 5.88 Å². The van der Waals surface area contributed by atoms with E-state index in [1.807, 2.05) is 11.6 Å². The monoisotopic (exact) mass is 536 g/mol. The highest BCUT2D eigenvalue weighted by molar-refractivity contribution is 5.76. The summed E-state index contributed by atoms with van der Waals surface area (Å²) in [6, 6.07) is 5.65. The number of nitrogens with zero attached hydrogens (tertiary/aromatic N) is 6. The van der Waals surface area contributed by atoms with Crippen LogP contribution in [0.1, 0.15) is 48.3 Å². The fraction of sp³-hybridized carbons (Fsp3) is 0.536. The van der Waals surface area contributed by atoms with Crippen molar-refractivity contribution >= 4 is 17.6 Å². The molecule has 1 aliphatic heterocycles. The average molecular weight is 537 g/mol. The molecule has 3 N–H and O–H groups in total. The van der Waals surface area contributed by atoms with Crippen molar-refractivity contribution in [3.63, 3.8) is 0 Å². The number of rotatable bonds is 15. The molecule has 39 heavy (non-hydrogen) atoms. The Kier molecular flexibility index (Phi) is 10.1. The third kappa shape index (κ3) is 8.38. The summed E-state index contributed by atoms with van der Waals surface area (Å²) in [7, 11) is 1.51. The normalized spacial score (nSPS) is 13.5. The minimum absolute atomic E-state index is 0.379. The number of hydrogen-bond acceptors (Lipinski definition) is 9. The van der Waals surface area contributed by atoms with Crippen molar-refractivity contribution in [2.24, 2.45) is 0 Å². The Morgan fingerprint density at radius 1 is 1.21 bits per heavy atom. The highest BCUT2D eigenvalue weighted by atomic mass is 16.5. The summed E-state index contributed by atoms with van der Waals surface area (Å²) in [4.78, 5) is 27.5. The average Bonchev–Trinajstić information content (AvgIpc) is 3.27. The van der Waals surface area contributed by atoms with Gasteiger partial charge in [0.25, 0.3) is 0 Å². The van der Waals surface area contributed by atoms with Crippen LogP contribution in [-0.4, -0.2) is 80.0 Å². The minimum Gasteiger partial charge on any atom is -0.480 e. The smallest absolute Gasteiger partial charge is 0.326 e. The fourth-order valence-corrected chi connectivity index (χ4v) is 4.87. The summed E-state index contributed by atoms with van der Waals surface area (Å²) in [6.45, 7) is 8.10. The van der Waals surface area contributed by atoms with Gasteiger partial charge in [0.05, 0.1) is 31.7 Å². The number of carboxylic acids is 1. The highest BCUT2D eigenvalue weighted by Gasteiger charge is 2.20. The molecule has 0 radical (unpaired) electrons. The number of aliphatic carboxylic acids is 1. The number of ether oxygens (including phenoxy) is 1. The molecule has 3 aromatic heterocycles. The molecular formula is C28H40N8O3. The van der Waals surface area contributed by atoms with E-state index in [-0.39, 0.29) is 0 Å². The molecule has 0 bridgehead atoms. The molecule has 0 unspecified atom stereocenters. The lowest BCUT2D eigenvalue weighted by molar-refractivity contribution is -0.138. The maximum absolute atomic E-state index is 12.0. The van der Waals surface area contributed by atoms with Gasteiger partial charge in [0.15, 0.2) is 0 Å². The van der Waals surface area contributed by atoms with Crippen LogP contribution in [0.15, 0.2) is 30.6 Å². The second-order valence-electron chi connectivity index (χ2n) is 10.1. The standard InChI is InChI=1S/C28H40N8O3/c1-20-17-21(2)36(34-20)16-15-35(13-5-4-8-23-10-9-22-7-6-12-29-27(22)32-23)14-11-24(28(37)38)33-25-18-31-26(39-3)19-30-25/h9-10,17-19,24H,4-8,11-16H2,1-3H3,(H,29,32)(H,30,33)(H,37,38)/t24-/m0/s1. The van der Waals surface area contributed by atoms with Gasteiger partial charge < -0.3 is 25.4 Å². The number of unbranched alkanes of at least 4 members (excludes halogenated alkanes) is 1. The molecule has 1 atom stereocenters. The molecule has 0 saturated heterocycles. The molecule has 210 valence electrons. The first-order chi connectivity index (χ1) is 18.9. The zero-order valence-electron chi connectivity index (χ0n) is 23.2. The van der Waals surface area contributed by atoms with Crippen molar-refractivity contribution in [1.29, 1.82) is 0 Å². The van der Waals surface area contributed by atoms with Crippen LogP contribution < -0.4 is 15.4 Å². The van der Waals surface area contributed by atoms with E-state index < -0.39 is 12.0 Å². The summed E-state index contributed by atoms with van der Waals surface area (Å²) in [5, 5.41) is 20.8. The summed E-state index contributed by atoms with van der Waals surface area (Å²) >= 11 is 0. The van der Waals surface area contributed by atoms with Gasteiger partial charge in [0.2, 0.25) is 5.88 Å². The number of carbonyl (C=O) groups is 1. The maximum atomic E-state index is 12.0. The van der Waals surface area contributed by atoms with Crippen LogP contribution in [0, 0.1) is 13.8 Å². The van der Waals surface area contributed by atoms with Crippen molar-refractivity contribution < 1.29 is 14.6 Å². The van der Waals surface area contributed by atoms with Crippen LogP contribution in [0.25, 0.3) is 0 Å². The molecule has 0 amide bonds. The van der Waals surface area contributed by atoms with E-state index in [2.05, 4.69) is 55.7 Å². The lowest BCUT2D eigenvalue weighted by Gasteiger charge is -2.25. The molecule has 4 heterocycles. The van der Waals surface area contributed by atoms with E-state index in [1.165, 1.54) is 25.1 Å². The minimum atomic E-state index is -0.918. The number of fused-ring (bicyclic) bond motifs is 1. The SMILES string of the molecule is COc1cnc(N[C@@H](CCN(CCCCc2ccc3c(n2)NCCC3)CCn2nc(C)cc2C)C(=O)O)cn1. The Bertz CT molecular complexity index is 1210. The van der Waals surface area contributed by atoms with Gasteiger partial charge in [0.1, 0.15) is 17.7 Å². The third-order valence-electron chi connectivity index (χ3n) is 7.03. The molecule has 0 aromatic carbocycles. The number of carboxylic acid groups (broad SMARTS) is 1. The first kappa shape index (κ1) is 28.3. The molecule has 4 rings (SSSR count). The lowest BCUT2D eigenvalue weighted by Crippen LogP contribution is -2.37. The Morgan fingerprint density at radius 2 is 2.08 bits per heavy atom. The number of methoxy groups -OCH3 is 1. The van der Waals surface area contributed by atoms with E-state index in [4.69, 9.17) is 9.72 Å². The number of hydrogen-bond donors (Lipinski definition) is 3. The summed E-state index contributed by atoms with van der Waals surface area (Å²) in [6.07, 6.45) is 8.58.